The van der Waals surface area contributed by atoms with Gasteiger partial charge in [0.05, 0.1) is 5.75 Å². The van der Waals surface area contributed by atoms with Crippen molar-refractivity contribution in [2.75, 3.05) is 18.8 Å². The first-order valence-corrected chi connectivity index (χ1v) is 9.19. The van der Waals surface area contributed by atoms with E-state index in [1.165, 1.54) is 16.7 Å². The molecule has 2 amide bonds. The van der Waals surface area contributed by atoms with Gasteiger partial charge in [-0.3, -0.25) is 9.59 Å². The van der Waals surface area contributed by atoms with Gasteiger partial charge in [0.1, 0.15) is 12.6 Å². The van der Waals surface area contributed by atoms with E-state index >= 15 is 0 Å². The molecule has 4 nitrogen and oxygen atoms in total. The van der Waals surface area contributed by atoms with Gasteiger partial charge in [0.15, 0.2) is 0 Å². The second-order valence-corrected chi connectivity index (χ2v) is 7.04. The molecule has 0 aliphatic carbocycles. The highest BCUT2D eigenvalue weighted by atomic mass is 32.2. The minimum Gasteiger partial charge on any atom is -0.345 e. The number of carbonyl (C=O) groups excluding carboxylic acids is 2. The Balaban J connectivity index is 1.81. The number of alkyl halides is 3. The van der Waals surface area contributed by atoms with Crippen LogP contribution in [0.25, 0.3) is 0 Å². The number of hydrogen-bond acceptors (Lipinski definition) is 3. The number of carbonyl (C=O) groups is 2. The topological polar surface area (TPSA) is 49.4 Å². The van der Waals surface area contributed by atoms with E-state index in [1.54, 1.807) is 0 Å². The highest BCUT2D eigenvalue weighted by Crippen LogP contribution is 2.21. The normalized spacial score (nSPS) is 17.6. The molecule has 0 aromatic heterocycles. The summed E-state index contributed by atoms with van der Waals surface area (Å²) in [6.07, 6.45) is -3.43. The third kappa shape index (κ3) is 6.26. The van der Waals surface area contributed by atoms with Crippen molar-refractivity contribution in [3.63, 3.8) is 0 Å². The number of hydrogen-bond donors (Lipinski definition) is 1. The minimum absolute atomic E-state index is 0.205. The van der Waals surface area contributed by atoms with E-state index in [9.17, 15) is 22.8 Å². The Hall–Kier alpha value is -1.70. The molecule has 8 heteroatoms. The van der Waals surface area contributed by atoms with Crippen LogP contribution in [0.15, 0.2) is 24.3 Å². The Morgan fingerprint density at radius 3 is 2.60 bits per heavy atom. The minimum atomic E-state index is -4.45. The fourth-order valence-electron chi connectivity index (χ4n) is 2.67. The number of amides is 2. The van der Waals surface area contributed by atoms with Gasteiger partial charge in [-0.15, -0.1) is 11.8 Å². The number of rotatable bonds is 6. The van der Waals surface area contributed by atoms with Crippen molar-refractivity contribution in [2.24, 2.45) is 0 Å². The zero-order valence-corrected chi connectivity index (χ0v) is 14.8. The molecule has 1 unspecified atom stereocenters. The molecular weight excluding hydrogens is 353 g/mol. The summed E-state index contributed by atoms with van der Waals surface area (Å²) in [5, 5.41) is 1.87. The molecule has 1 aliphatic rings. The van der Waals surface area contributed by atoms with Crippen LogP contribution >= 0.6 is 11.8 Å². The van der Waals surface area contributed by atoms with E-state index in [-0.39, 0.29) is 11.7 Å². The van der Waals surface area contributed by atoms with E-state index < -0.39 is 24.7 Å². The SMILES string of the molecule is Cc1ccc(CSCC(=O)N2CCCC2C(=O)NCC(F)(F)F)cc1. The third-order valence-corrected chi connectivity index (χ3v) is 4.94. The molecule has 1 aromatic rings. The summed E-state index contributed by atoms with van der Waals surface area (Å²) in [5.41, 5.74) is 2.26. The van der Waals surface area contributed by atoms with Crippen LogP contribution in [-0.4, -0.2) is 47.8 Å². The average Bonchev–Trinajstić information content (AvgIpc) is 3.03. The molecule has 0 spiro atoms. The van der Waals surface area contributed by atoms with E-state index in [2.05, 4.69) is 0 Å². The Labute approximate surface area is 149 Å². The highest BCUT2D eigenvalue weighted by molar-refractivity contribution is 7.99. The summed E-state index contributed by atoms with van der Waals surface area (Å²) in [6.45, 7) is 1.04. The summed E-state index contributed by atoms with van der Waals surface area (Å²) in [4.78, 5) is 25.6. The van der Waals surface area contributed by atoms with E-state index in [0.717, 1.165) is 11.1 Å². The molecule has 25 heavy (non-hydrogen) atoms. The predicted molar refractivity (Wildman–Crippen MR) is 91.1 cm³/mol. The molecule has 1 aromatic carbocycles. The van der Waals surface area contributed by atoms with E-state index in [4.69, 9.17) is 0 Å². The zero-order valence-electron chi connectivity index (χ0n) is 13.9. The number of likely N-dealkylation sites (tertiary alicyclic amines) is 1. The van der Waals surface area contributed by atoms with Crippen LogP contribution in [0.5, 0.6) is 0 Å². The summed E-state index contributed by atoms with van der Waals surface area (Å²) in [6, 6.07) is 7.19. The summed E-state index contributed by atoms with van der Waals surface area (Å²) < 4.78 is 36.6. The van der Waals surface area contributed by atoms with Crippen LogP contribution in [0.1, 0.15) is 24.0 Å². The van der Waals surface area contributed by atoms with E-state index in [0.29, 0.717) is 25.1 Å². The van der Waals surface area contributed by atoms with Crippen molar-refractivity contribution < 1.29 is 22.8 Å². The fourth-order valence-corrected chi connectivity index (χ4v) is 3.54. The van der Waals surface area contributed by atoms with Gasteiger partial charge in [0.2, 0.25) is 11.8 Å². The summed E-state index contributed by atoms with van der Waals surface area (Å²) in [7, 11) is 0. The van der Waals surface area contributed by atoms with Crippen molar-refractivity contribution in [3.05, 3.63) is 35.4 Å². The molecule has 2 rings (SSSR count). The van der Waals surface area contributed by atoms with Gasteiger partial charge in [0, 0.05) is 12.3 Å². The number of thioether (sulfide) groups is 1. The van der Waals surface area contributed by atoms with Gasteiger partial charge >= 0.3 is 6.18 Å². The molecule has 0 radical (unpaired) electrons. The quantitative estimate of drug-likeness (QED) is 0.833. The number of halogens is 3. The first-order chi connectivity index (χ1) is 11.8. The van der Waals surface area contributed by atoms with Gasteiger partial charge in [0.25, 0.3) is 0 Å². The highest BCUT2D eigenvalue weighted by Gasteiger charge is 2.36. The zero-order chi connectivity index (χ0) is 18.4. The molecule has 0 saturated carbocycles. The van der Waals surface area contributed by atoms with Crippen molar-refractivity contribution >= 4 is 23.6 Å². The first kappa shape index (κ1) is 19.6. The number of benzene rings is 1. The third-order valence-electron chi connectivity index (χ3n) is 3.95. The van der Waals surface area contributed by atoms with Crippen LogP contribution in [0.4, 0.5) is 13.2 Å². The standard InChI is InChI=1S/C17H21F3N2O2S/c1-12-4-6-13(7-5-12)9-25-10-15(23)22-8-2-3-14(22)16(24)21-11-17(18,19)20/h4-7,14H,2-3,8-11H2,1H3,(H,21,24). The molecular formula is C17H21F3N2O2S. The molecule has 138 valence electrons. The Bertz CT molecular complexity index is 605. The largest absolute Gasteiger partial charge is 0.405 e. The lowest BCUT2D eigenvalue weighted by molar-refractivity contribution is -0.144. The van der Waals surface area contributed by atoms with Gasteiger partial charge in [-0.2, -0.15) is 13.2 Å². The van der Waals surface area contributed by atoms with E-state index in [1.807, 2.05) is 36.5 Å². The van der Waals surface area contributed by atoms with Crippen LogP contribution in [0.3, 0.4) is 0 Å². The van der Waals surface area contributed by atoms with Crippen LogP contribution in [0, 0.1) is 6.92 Å². The lowest BCUT2D eigenvalue weighted by Gasteiger charge is -2.24. The maximum Gasteiger partial charge on any atom is 0.405 e. The van der Waals surface area contributed by atoms with Gasteiger partial charge in [-0.05, 0) is 25.3 Å². The monoisotopic (exact) mass is 374 g/mol. The van der Waals surface area contributed by atoms with Crippen molar-refractivity contribution in [1.82, 2.24) is 10.2 Å². The smallest absolute Gasteiger partial charge is 0.345 e. The van der Waals surface area contributed by atoms with Gasteiger partial charge in [-0.1, -0.05) is 29.8 Å². The Morgan fingerprint density at radius 2 is 1.96 bits per heavy atom. The predicted octanol–water partition coefficient (Wildman–Crippen LogP) is 2.90. The number of nitrogens with one attached hydrogen (secondary N) is 1. The average molecular weight is 374 g/mol. The van der Waals surface area contributed by atoms with Crippen molar-refractivity contribution in [3.8, 4) is 0 Å². The van der Waals surface area contributed by atoms with Gasteiger partial charge < -0.3 is 10.2 Å². The lowest BCUT2D eigenvalue weighted by Crippen LogP contribution is -2.48. The molecule has 0 bridgehead atoms. The molecule has 1 saturated heterocycles. The van der Waals surface area contributed by atoms with Crippen molar-refractivity contribution in [2.45, 2.75) is 37.7 Å². The first-order valence-electron chi connectivity index (χ1n) is 8.03. The number of nitrogens with zero attached hydrogens (tertiary/aromatic N) is 1. The van der Waals surface area contributed by atoms with Crippen molar-refractivity contribution in [1.29, 1.82) is 0 Å². The Kier molecular flexibility index (Phi) is 6.75. The second-order valence-electron chi connectivity index (χ2n) is 6.06. The molecule has 1 aliphatic heterocycles. The van der Waals surface area contributed by atoms with Crippen LogP contribution < -0.4 is 5.32 Å². The maximum atomic E-state index is 12.3. The Morgan fingerprint density at radius 1 is 1.28 bits per heavy atom. The van der Waals surface area contributed by atoms with Crippen LogP contribution in [0.2, 0.25) is 0 Å². The molecule has 1 N–H and O–H groups in total. The van der Waals surface area contributed by atoms with Gasteiger partial charge in [-0.25, -0.2) is 0 Å². The molecule has 1 fully saturated rings. The molecule has 1 atom stereocenters. The second kappa shape index (κ2) is 8.60. The summed E-state index contributed by atoms with van der Waals surface area (Å²) in [5.74, 6) is -0.0599. The van der Waals surface area contributed by atoms with Crippen LogP contribution in [-0.2, 0) is 15.3 Å². The maximum absolute atomic E-state index is 12.3. The molecule has 1 heterocycles. The summed E-state index contributed by atoms with van der Waals surface area (Å²) >= 11 is 1.44. The lowest BCUT2D eigenvalue weighted by atomic mass is 10.2. The fraction of sp³-hybridized carbons (Fsp3) is 0.529. The number of aryl methyl sites for hydroxylation is 1.